The second kappa shape index (κ2) is 4.24. The highest BCUT2D eigenvalue weighted by atomic mass is 16.3. The van der Waals surface area contributed by atoms with Crippen LogP contribution >= 0.6 is 0 Å². The Kier molecular flexibility index (Phi) is 3.36. The molecule has 0 heterocycles. The number of phenols is 1. The third kappa shape index (κ3) is 2.08. The first-order valence-electron chi connectivity index (χ1n) is 5.48. The molecule has 0 amide bonds. The van der Waals surface area contributed by atoms with Gasteiger partial charge in [0.15, 0.2) is 0 Å². The molecule has 0 aliphatic carbocycles. The number of hydrogen-bond acceptors (Lipinski definition) is 3. The zero-order valence-corrected chi connectivity index (χ0v) is 10.5. The molecule has 0 aromatic heterocycles. The Labute approximate surface area is 96.5 Å². The van der Waals surface area contributed by atoms with Crippen LogP contribution in [0.15, 0.2) is 17.3 Å². The number of aryl methyl sites for hydroxylation is 1. The van der Waals surface area contributed by atoms with Crippen molar-refractivity contribution in [1.29, 1.82) is 0 Å². The molecule has 3 heteroatoms. The lowest BCUT2D eigenvalue weighted by Crippen LogP contribution is -2.24. The van der Waals surface area contributed by atoms with Gasteiger partial charge in [-0.15, -0.1) is 4.91 Å². The van der Waals surface area contributed by atoms with Crippen LogP contribution in [0, 0.1) is 17.7 Å². The summed E-state index contributed by atoms with van der Waals surface area (Å²) in [5.74, 6) is 0.374. The maximum absolute atomic E-state index is 10.6. The van der Waals surface area contributed by atoms with E-state index < -0.39 is 0 Å². The predicted octanol–water partition coefficient (Wildman–Crippen LogP) is 4.03. The summed E-state index contributed by atoms with van der Waals surface area (Å²) in [7, 11) is 0. The Bertz CT molecular complexity index is 409. The van der Waals surface area contributed by atoms with Crippen molar-refractivity contribution in [2.75, 3.05) is 0 Å². The van der Waals surface area contributed by atoms with E-state index in [0.717, 1.165) is 11.1 Å². The number of nitrogens with zero attached hydrogens (tertiary/aromatic N) is 1. The molecule has 0 unspecified atom stereocenters. The summed E-state index contributed by atoms with van der Waals surface area (Å²) < 4.78 is 0. The van der Waals surface area contributed by atoms with Crippen LogP contribution in [0.1, 0.15) is 38.8 Å². The van der Waals surface area contributed by atoms with Crippen LogP contribution in [-0.2, 0) is 5.41 Å². The summed E-state index contributed by atoms with van der Waals surface area (Å²) >= 11 is 0. The molecule has 1 aromatic rings. The molecule has 0 radical (unpaired) electrons. The van der Waals surface area contributed by atoms with Gasteiger partial charge in [-0.3, -0.25) is 0 Å². The van der Waals surface area contributed by atoms with Crippen molar-refractivity contribution in [1.82, 2.24) is 0 Å². The number of hydrogen-bond donors (Lipinski definition) is 1. The number of nitroso groups, excluding NO2 is 1. The topological polar surface area (TPSA) is 49.7 Å². The maximum atomic E-state index is 10.6. The largest absolute Gasteiger partial charge is 0.505 e. The minimum absolute atomic E-state index is 0.0132. The second-order valence-electron chi connectivity index (χ2n) is 5.15. The first kappa shape index (κ1) is 12.7. The van der Waals surface area contributed by atoms with Crippen LogP contribution in [0.2, 0.25) is 0 Å². The fraction of sp³-hybridized carbons (Fsp3) is 0.538. The quantitative estimate of drug-likeness (QED) is 0.783. The smallest absolute Gasteiger partial charge is 0.150 e. The van der Waals surface area contributed by atoms with Gasteiger partial charge >= 0.3 is 0 Å². The molecule has 0 saturated carbocycles. The third-order valence-corrected chi connectivity index (χ3v) is 3.47. The van der Waals surface area contributed by atoms with Gasteiger partial charge in [0.25, 0.3) is 0 Å². The lowest BCUT2D eigenvalue weighted by atomic mass is 9.74. The van der Waals surface area contributed by atoms with Gasteiger partial charge in [0.2, 0.25) is 0 Å². The van der Waals surface area contributed by atoms with Crippen LogP contribution < -0.4 is 0 Å². The Morgan fingerprint density at radius 1 is 1.31 bits per heavy atom. The minimum Gasteiger partial charge on any atom is -0.505 e. The molecule has 0 saturated heterocycles. The van der Waals surface area contributed by atoms with E-state index in [1.807, 2.05) is 13.0 Å². The predicted molar refractivity (Wildman–Crippen MR) is 66.2 cm³/mol. The van der Waals surface area contributed by atoms with E-state index in [1.54, 1.807) is 6.07 Å². The molecule has 3 nitrogen and oxygen atoms in total. The molecule has 0 aliphatic heterocycles. The van der Waals surface area contributed by atoms with Gasteiger partial charge in [-0.05, 0) is 35.1 Å². The van der Waals surface area contributed by atoms with E-state index in [9.17, 15) is 10.0 Å². The van der Waals surface area contributed by atoms with Gasteiger partial charge in [0.1, 0.15) is 11.4 Å². The highest BCUT2D eigenvalue weighted by Crippen LogP contribution is 2.42. The Morgan fingerprint density at radius 3 is 2.31 bits per heavy atom. The van der Waals surface area contributed by atoms with Gasteiger partial charge < -0.3 is 5.11 Å². The van der Waals surface area contributed by atoms with E-state index in [0.29, 0.717) is 5.92 Å². The number of phenolic OH excluding ortho intramolecular Hbond substituents is 1. The maximum Gasteiger partial charge on any atom is 0.150 e. The van der Waals surface area contributed by atoms with Gasteiger partial charge in [0.05, 0.1) is 0 Å². The SMILES string of the molecule is Cc1cc(N=O)c(O)c(C(C)(C)C(C)C)c1. The monoisotopic (exact) mass is 221 g/mol. The van der Waals surface area contributed by atoms with Crippen LogP contribution in [-0.4, -0.2) is 5.11 Å². The summed E-state index contributed by atoms with van der Waals surface area (Å²) in [6.45, 7) is 10.2. The van der Waals surface area contributed by atoms with Gasteiger partial charge in [-0.25, -0.2) is 0 Å². The van der Waals surface area contributed by atoms with Crippen LogP contribution in [0.4, 0.5) is 5.69 Å². The van der Waals surface area contributed by atoms with E-state index in [2.05, 4.69) is 32.9 Å². The number of aromatic hydroxyl groups is 1. The molecule has 0 spiro atoms. The molecular weight excluding hydrogens is 202 g/mol. The zero-order chi connectivity index (χ0) is 12.5. The Balaban J connectivity index is 3.44. The zero-order valence-electron chi connectivity index (χ0n) is 10.5. The Morgan fingerprint density at radius 2 is 1.88 bits per heavy atom. The van der Waals surface area contributed by atoms with E-state index in [-0.39, 0.29) is 16.9 Å². The van der Waals surface area contributed by atoms with Crippen LogP contribution in [0.25, 0.3) is 0 Å². The molecule has 88 valence electrons. The minimum atomic E-state index is -0.185. The van der Waals surface area contributed by atoms with E-state index in [4.69, 9.17) is 0 Å². The van der Waals surface area contributed by atoms with Gasteiger partial charge in [0, 0.05) is 5.56 Å². The molecular formula is C13H19NO2. The van der Waals surface area contributed by atoms with Gasteiger partial charge in [-0.2, -0.15) is 0 Å². The van der Waals surface area contributed by atoms with Crippen molar-refractivity contribution in [3.05, 3.63) is 28.2 Å². The van der Waals surface area contributed by atoms with Crippen molar-refractivity contribution in [2.24, 2.45) is 11.1 Å². The Hall–Kier alpha value is -1.38. The molecule has 1 N–H and O–H groups in total. The average molecular weight is 221 g/mol. The summed E-state index contributed by atoms with van der Waals surface area (Å²) in [5, 5.41) is 12.9. The van der Waals surface area contributed by atoms with Crippen molar-refractivity contribution in [3.8, 4) is 5.75 Å². The molecule has 1 aromatic carbocycles. The van der Waals surface area contributed by atoms with Crippen LogP contribution in [0.5, 0.6) is 5.75 Å². The average Bonchev–Trinajstić information content (AvgIpc) is 2.20. The highest BCUT2D eigenvalue weighted by Gasteiger charge is 2.29. The summed E-state index contributed by atoms with van der Waals surface area (Å²) in [6, 6.07) is 3.52. The number of benzene rings is 1. The molecule has 0 aliphatic rings. The second-order valence-corrected chi connectivity index (χ2v) is 5.15. The fourth-order valence-electron chi connectivity index (χ4n) is 1.63. The normalized spacial score (nSPS) is 11.9. The number of rotatable bonds is 3. The lowest BCUT2D eigenvalue weighted by Gasteiger charge is -2.31. The van der Waals surface area contributed by atoms with E-state index >= 15 is 0 Å². The first-order valence-corrected chi connectivity index (χ1v) is 5.48. The van der Waals surface area contributed by atoms with Crippen molar-refractivity contribution >= 4 is 5.69 Å². The van der Waals surface area contributed by atoms with E-state index in [1.165, 1.54) is 0 Å². The summed E-state index contributed by atoms with van der Waals surface area (Å²) in [6.07, 6.45) is 0. The lowest BCUT2D eigenvalue weighted by molar-refractivity contribution is 0.352. The summed E-state index contributed by atoms with van der Waals surface area (Å²) in [5.41, 5.74) is 1.67. The van der Waals surface area contributed by atoms with Crippen molar-refractivity contribution in [2.45, 2.75) is 40.0 Å². The standard InChI is InChI=1S/C13H19NO2/c1-8(2)13(4,5)10-6-9(3)7-11(14-16)12(10)15/h6-8,15H,1-5H3. The molecule has 1 rings (SSSR count). The van der Waals surface area contributed by atoms with Crippen molar-refractivity contribution in [3.63, 3.8) is 0 Å². The van der Waals surface area contributed by atoms with Crippen molar-refractivity contribution < 1.29 is 5.11 Å². The molecule has 0 fully saturated rings. The highest BCUT2D eigenvalue weighted by molar-refractivity contribution is 5.59. The first-order chi connectivity index (χ1) is 7.30. The van der Waals surface area contributed by atoms with Gasteiger partial charge in [-0.1, -0.05) is 33.8 Å². The molecule has 0 bridgehead atoms. The molecule has 0 atom stereocenters. The van der Waals surface area contributed by atoms with Crippen LogP contribution in [0.3, 0.4) is 0 Å². The fourth-order valence-corrected chi connectivity index (χ4v) is 1.63. The third-order valence-electron chi connectivity index (χ3n) is 3.47. The summed E-state index contributed by atoms with van der Waals surface area (Å²) in [4.78, 5) is 10.6. The molecule has 16 heavy (non-hydrogen) atoms.